The number of fused-ring (bicyclic) bond motifs is 2. The van der Waals surface area contributed by atoms with Gasteiger partial charge >= 0.3 is 17.8 Å². The minimum atomic E-state index is -0.796. The van der Waals surface area contributed by atoms with Crippen LogP contribution in [0.2, 0.25) is 0 Å². The minimum absolute atomic E-state index is 0.0248. The summed E-state index contributed by atoms with van der Waals surface area (Å²) < 4.78 is 5.06. The number of hydrogen-bond acceptors (Lipinski definition) is 5. The van der Waals surface area contributed by atoms with Gasteiger partial charge in [-0.05, 0) is 48.6 Å². The molecule has 1 saturated heterocycles. The molecular formula is C24H24BN5O5. The third-order valence-electron chi connectivity index (χ3n) is 6.65. The number of aromatic amines is 1. The number of hydrogen-bond donors (Lipinski definition) is 3. The second kappa shape index (κ2) is 9.32. The Morgan fingerprint density at radius 2 is 2.00 bits per heavy atom. The summed E-state index contributed by atoms with van der Waals surface area (Å²) in [5.41, 5.74) is 3.69. The maximum atomic E-state index is 12.8. The zero-order valence-corrected chi connectivity index (χ0v) is 19.0. The molecule has 2 aromatic carbocycles. The minimum Gasteiger partial charge on any atom is -0.408 e. The van der Waals surface area contributed by atoms with E-state index < -0.39 is 11.8 Å². The Bertz CT molecular complexity index is 1340. The van der Waals surface area contributed by atoms with E-state index in [4.69, 9.17) is 12.3 Å². The van der Waals surface area contributed by atoms with Crippen LogP contribution in [0.1, 0.15) is 24.0 Å². The first kappa shape index (κ1) is 22.8. The lowest BCUT2D eigenvalue weighted by atomic mass is 9.87. The number of piperidine rings is 1. The van der Waals surface area contributed by atoms with Crippen molar-refractivity contribution in [3.63, 3.8) is 0 Å². The largest absolute Gasteiger partial charge is 0.417 e. The van der Waals surface area contributed by atoms with Gasteiger partial charge in [-0.25, -0.2) is 14.4 Å². The summed E-state index contributed by atoms with van der Waals surface area (Å²) in [4.78, 5) is 54.5. The van der Waals surface area contributed by atoms with Crippen LogP contribution in [0.15, 0.2) is 45.6 Å². The summed E-state index contributed by atoms with van der Waals surface area (Å²) >= 11 is 0. The van der Waals surface area contributed by atoms with E-state index >= 15 is 0 Å². The highest BCUT2D eigenvalue weighted by Crippen LogP contribution is 2.27. The lowest BCUT2D eigenvalue weighted by molar-refractivity contribution is -0.109. The number of nitrogens with one attached hydrogen (secondary N) is 3. The van der Waals surface area contributed by atoms with E-state index in [0.717, 1.165) is 11.3 Å². The third kappa shape index (κ3) is 4.66. The number of benzene rings is 2. The monoisotopic (exact) mass is 473 g/mol. The number of aromatic nitrogens is 1. The van der Waals surface area contributed by atoms with Crippen molar-refractivity contribution in [3.8, 4) is 0 Å². The standard InChI is InChI=1S/C24H24BN5O5/c25-18-11-20-21(35-24(34)28-20)10-15(18)9-16(13-31)26-22(32)29-7-5-17(6-8-29)30-12-14-3-1-2-4-19(14)27-23(30)33/h1-4,10-11,13,16-17H,5-9,12H2,(H,26,32)(H,27,33)(H,28,34). The fourth-order valence-corrected chi connectivity index (χ4v) is 4.75. The van der Waals surface area contributed by atoms with E-state index in [1.807, 2.05) is 29.2 Å². The molecule has 2 radical (unpaired) electrons. The topological polar surface area (TPSA) is 128 Å². The van der Waals surface area contributed by atoms with E-state index in [9.17, 15) is 19.2 Å². The zero-order valence-electron chi connectivity index (χ0n) is 19.0. The van der Waals surface area contributed by atoms with Crippen LogP contribution < -0.4 is 21.9 Å². The third-order valence-corrected chi connectivity index (χ3v) is 6.65. The predicted octanol–water partition coefficient (Wildman–Crippen LogP) is 1.25. The summed E-state index contributed by atoms with van der Waals surface area (Å²) in [5, 5.41) is 5.69. The average Bonchev–Trinajstić information content (AvgIpc) is 3.21. The van der Waals surface area contributed by atoms with E-state index in [-0.39, 0.29) is 24.5 Å². The molecule has 0 saturated carbocycles. The van der Waals surface area contributed by atoms with Gasteiger partial charge in [-0.3, -0.25) is 4.98 Å². The number of carbonyl (C=O) groups excluding carboxylic acids is 3. The number of rotatable bonds is 5. The summed E-state index contributed by atoms with van der Waals surface area (Å²) in [6.45, 7) is 1.48. The van der Waals surface area contributed by atoms with Crippen molar-refractivity contribution >= 4 is 48.4 Å². The van der Waals surface area contributed by atoms with E-state index in [2.05, 4.69) is 15.6 Å². The molecule has 0 spiro atoms. The molecule has 11 heteroatoms. The Morgan fingerprint density at radius 3 is 2.77 bits per heavy atom. The van der Waals surface area contributed by atoms with E-state index in [0.29, 0.717) is 60.9 Å². The molecule has 0 bridgehead atoms. The highest BCUT2D eigenvalue weighted by atomic mass is 16.4. The Kier molecular flexibility index (Phi) is 6.06. The first-order valence-corrected chi connectivity index (χ1v) is 11.5. The second-order valence-electron chi connectivity index (χ2n) is 8.89. The first-order valence-electron chi connectivity index (χ1n) is 11.5. The van der Waals surface area contributed by atoms with Crippen LogP contribution in [0.4, 0.5) is 15.3 Å². The quantitative estimate of drug-likeness (QED) is 0.380. The molecule has 4 amide bonds. The number of aldehydes is 1. The molecule has 10 nitrogen and oxygen atoms in total. The molecule has 1 aromatic heterocycles. The van der Waals surface area contributed by atoms with Crippen LogP contribution >= 0.6 is 0 Å². The molecule has 1 unspecified atom stereocenters. The van der Waals surface area contributed by atoms with Crippen LogP contribution in [0.3, 0.4) is 0 Å². The van der Waals surface area contributed by atoms with Gasteiger partial charge in [0.1, 0.15) is 14.1 Å². The molecule has 35 heavy (non-hydrogen) atoms. The molecule has 178 valence electrons. The molecule has 1 fully saturated rings. The Hall–Kier alpha value is -4.02. The molecule has 2 aliphatic rings. The van der Waals surface area contributed by atoms with Crippen molar-refractivity contribution < 1.29 is 18.8 Å². The Balaban J connectivity index is 1.18. The number of amides is 4. The Labute approximate surface area is 202 Å². The van der Waals surface area contributed by atoms with Gasteiger partial charge in [-0.1, -0.05) is 23.7 Å². The number of anilines is 1. The summed E-state index contributed by atoms with van der Waals surface area (Å²) in [6, 6.07) is 9.65. The van der Waals surface area contributed by atoms with Crippen molar-refractivity contribution in [3.05, 3.63) is 58.1 Å². The van der Waals surface area contributed by atoms with Gasteiger partial charge < -0.3 is 29.6 Å². The van der Waals surface area contributed by atoms with Crippen LogP contribution in [-0.4, -0.2) is 66.2 Å². The molecule has 3 N–H and O–H groups in total. The van der Waals surface area contributed by atoms with E-state index in [1.165, 1.54) is 0 Å². The number of carbonyl (C=O) groups is 3. The van der Waals surface area contributed by atoms with Crippen LogP contribution in [0, 0.1) is 0 Å². The fraction of sp³-hybridized carbons (Fsp3) is 0.333. The lowest BCUT2D eigenvalue weighted by Gasteiger charge is -2.40. The normalized spacial score (nSPS) is 17.1. The van der Waals surface area contributed by atoms with Crippen LogP contribution in [0.25, 0.3) is 11.1 Å². The predicted molar refractivity (Wildman–Crippen MR) is 130 cm³/mol. The summed E-state index contributed by atoms with van der Waals surface area (Å²) in [5.74, 6) is -0.591. The SMILES string of the molecule is [B]c1cc2[nH]c(=O)oc2cc1CC(C=O)NC(=O)N1CCC(N2Cc3ccccc3NC2=O)CC1. The van der Waals surface area contributed by atoms with Crippen molar-refractivity contribution in [2.45, 2.75) is 37.9 Å². The number of nitrogens with zero attached hydrogens (tertiary/aromatic N) is 2. The van der Waals surface area contributed by atoms with Gasteiger partial charge in [0.25, 0.3) is 0 Å². The molecular weight excluding hydrogens is 449 g/mol. The van der Waals surface area contributed by atoms with Crippen molar-refractivity contribution in [1.29, 1.82) is 0 Å². The van der Waals surface area contributed by atoms with Gasteiger partial charge in [0, 0.05) is 31.4 Å². The molecule has 1 atom stereocenters. The van der Waals surface area contributed by atoms with Crippen molar-refractivity contribution in [2.75, 3.05) is 18.4 Å². The zero-order chi connectivity index (χ0) is 24.5. The molecule has 0 aliphatic carbocycles. The van der Waals surface area contributed by atoms with E-state index in [1.54, 1.807) is 17.0 Å². The molecule has 3 heterocycles. The van der Waals surface area contributed by atoms with Crippen molar-refractivity contribution in [1.82, 2.24) is 20.1 Å². The van der Waals surface area contributed by atoms with Crippen LogP contribution in [0.5, 0.6) is 0 Å². The van der Waals surface area contributed by atoms with Gasteiger partial charge in [0.2, 0.25) is 0 Å². The Morgan fingerprint density at radius 1 is 1.23 bits per heavy atom. The number of likely N-dealkylation sites (tertiary alicyclic amines) is 1. The summed E-state index contributed by atoms with van der Waals surface area (Å²) in [7, 11) is 6.06. The van der Waals surface area contributed by atoms with Gasteiger partial charge in [0.15, 0.2) is 5.58 Å². The smallest absolute Gasteiger partial charge is 0.408 e. The summed E-state index contributed by atoms with van der Waals surface area (Å²) in [6.07, 6.45) is 2.11. The number of urea groups is 2. The maximum absolute atomic E-state index is 12.8. The van der Waals surface area contributed by atoms with Gasteiger partial charge in [0.05, 0.1) is 11.6 Å². The van der Waals surface area contributed by atoms with Crippen LogP contribution in [-0.2, 0) is 17.8 Å². The number of H-pyrrole nitrogens is 1. The lowest BCUT2D eigenvalue weighted by Crippen LogP contribution is -2.54. The highest BCUT2D eigenvalue weighted by molar-refractivity contribution is 6.34. The maximum Gasteiger partial charge on any atom is 0.417 e. The van der Waals surface area contributed by atoms with Gasteiger partial charge in [-0.15, -0.1) is 0 Å². The highest BCUT2D eigenvalue weighted by Gasteiger charge is 2.33. The molecule has 5 rings (SSSR count). The van der Waals surface area contributed by atoms with Crippen molar-refractivity contribution in [2.24, 2.45) is 0 Å². The number of para-hydroxylation sites is 1. The number of oxazole rings is 1. The fourth-order valence-electron chi connectivity index (χ4n) is 4.75. The molecule has 3 aromatic rings. The second-order valence-corrected chi connectivity index (χ2v) is 8.89. The molecule has 2 aliphatic heterocycles. The van der Waals surface area contributed by atoms with Gasteiger partial charge in [-0.2, -0.15) is 0 Å². The first-order chi connectivity index (χ1) is 16.9. The average molecular weight is 473 g/mol.